The Hall–Kier alpha value is -3.89. The van der Waals surface area contributed by atoms with Gasteiger partial charge < -0.3 is 10.1 Å². The molecule has 5 rings (SSSR count). The van der Waals surface area contributed by atoms with Crippen LogP contribution in [0.5, 0.6) is 5.75 Å². The number of H-pyrrole nitrogens is 2. The minimum absolute atomic E-state index is 0.00243. The van der Waals surface area contributed by atoms with Crippen molar-refractivity contribution in [1.82, 2.24) is 20.2 Å². The minimum atomic E-state index is -0.0452. The van der Waals surface area contributed by atoms with Crippen molar-refractivity contribution in [3.8, 4) is 11.4 Å². The summed E-state index contributed by atoms with van der Waals surface area (Å²) < 4.78 is 8.61. The maximum Gasteiger partial charge on any atom is 0.241 e. The molecule has 1 unspecified atom stereocenters. The van der Waals surface area contributed by atoms with Gasteiger partial charge in [0.05, 0.1) is 23.8 Å². The topological polar surface area (TPSA) is 90.1 Å². The van der Waals surface area contributed by atoms with Gasteiger partial charge in [-0.1, -0.05) is 36.4 Å². The van der Waals surface area contributed by atoms with E-state index in [-0.39, 0.29) is 18.7 Å². The molecule has 1 aliphatic rings. The third-order valence-corrected chi connectivity index (χ3v) is 6.11. The molecule has 172 valence electrons. The van der Waals surface area contributed by atoms with Crippen LogP contribution in [0, 0.1) is 9.54 Å². The first-order valence-electron chi connectivity index (χ1n) is 10.7. The Kier molecular flexibility index (Phi) is 6.15. The zero-order valence-corrected chi connectivity index (χ0v) is 19.7. The van der Waals surface area contributed by atoms with Crippen LogP contribution in [0.2, 0.25) is 0 Å². The standard InChI is InChI=1S/C24H22N6O2S2/c31-22-14-21(16-5-2-1-3-6-16)30(28-22)18-9-11-20(12-10-18)32-15-25-17-7-4-8-19(13-17)29-23(33)26-27-24(29)34/h1-13,21,25H,14-15H2,(H,26,33)(H,27,34)(H,28,31). The molecule has 4 aromatic rings. The lowest BCUT2D eigenvalue weighted by atomic mass is 10.0. The fourth-order valence-electron chi connectivity index (χ4n) is 3.92. The molecule has 4 N–H and O–H groups in total. The summed E-state index contributed by atoms with van der Waals surface area (Å²) in [5.41, 5.74) is 6.66. The number of anilines is 2. The number of aromatic amines is 2. The van der Waals surface area contributed by atoms with Gasteiger partial charge >= 0.3 is 0 Å². The number of nitrogens with zero attached hydrogens (tertiary/aromatic N) is 2. The number of amides is 1. The predicted molar refractivity (Wildman–Crippen MR) is 136 cm³/mol. The van der Waals surface area contributed by atoms with Gasteiger partial charge in [0, 0.05) is 5.69 Å². The number of carbonyl (C=O) groups excluding carboxylic acids is 1. The second-order valence-electron chi connectivity index (χ2n) is 7.74. The second-order valence-corrected chi connectivity index (χ2v) is 8.51. The maximum atomic E-state index is 12.1. The van der Waals surface area contributed by atoms with Crippen LogP contribution >= 0.6 is 24.4 Å². The van der Waals surface area contributed by atoms with E-state index in [1.165, 1.54) is 0 Å². The molecule has 0 radical (unpaired) electrons. The lowest BCUT2D eigenvalue weighted by Crippen LogP contribution is -2.34. The molecule has 1 saturated heterocycles. The number of hydrogen-bond acceptors (Lipinski definition) is 6. The van der Waals surface area contributed by atoms with Gasteiger partial charge in [-0.05, 0) is 72.5 Å². The summed E-state index contributed by atoms with van der Waals surface area (Å²) in [5.74, 6) is 0.715. The Labute approximate surface area is 206 Å². The van der Waals surface area contributed by atoms with E-state index >= 15 is 0 Å². The van der Waals surface area contributed by atoms with Crippen molar-refractivity contribution in [2.45, 2.75) is 12.5 Å². The molecule has 2 heterocycles. The van der Waals surface area contributed by atoms with Crippen molar-refractivity contribution in [1.29, 1.82) is 0 Å². The number of carbonyl (C=O) groups is 1. The molecule has 0 bridgehead atoms. The average molecular weight is 491 g/mol. The largest absolute Gasteiger partial charge is 0.473 e. The number of ether oxygens (including phenoxy) is 1. The van der Waals surface area contributed by atoms with E-state index < -0.39 is 0 Å². The maximum absolute atomic E-state index is 12.1. The lowest BCUT2D eigenvalue weighted by Gasteiger charge is -2.26. The molecule has 1 atom stereocenters. The highest BCUT2D eigenvalue weighted by atomic mass is 32.1. The van der Waals surface area contributed by atoms with Crippen molar-refractivity contribution in [2.24, 2.45) is 0 Å². The summed E-state index contributed by atoms with van der Waals surface area (Å²) in [6, 6.07) is 25.3. The Morgan fingerprint density at radius 1 is 0.912 bits per heavy atom. The van der Waals surface area contributed by atoms with Crippen LogP contribution in [-0.4, -0.2) is 27.4 Å². The van der Waals surface area contributed by atoms with Crippen LogP contribution in [0.4, 0.5) is 11.4 Å². The summed E-state index contributed by atoms with van der Waals surface area (Å²) >= 11 is 10.6. The van der Waals surface area contributed by atoms with Gasteiger partial charge in [0.15, 0.2) is 16.3 Å². The monoisotopic (exact) mass is 490 g/mol. The van der Waals surface area contributed by atoms with Gasteiger partial charge in [-0.15, -0.1) is 0 Å². The van der Waals surface area contributed by atoms with E-state index in [1.807, 2.05) is 83.9 Å². The molecule has 3 aromatic carbocycles. The third-order valence-electron chi connectivity index (χ3n) is 5.54. The average Bonchev–Trinajstić information content (AvgIpc) is 3.41. The normalized spacial score (nSPS) is 15.2. The first kappa shape index (κ1) is 21.9. The highest BCUT2D eigenvalue weighted by molar-refractivity contribution is 7.72. The molecular formula is C24H22N6O2S2. The fourth-order valence-corrected chi connectivity index (χ4v) is 4.47. The number of rotatable bonds is 7. The van der Waals surface area contributed by atoms with Gasteiger partial charge in [-0.25, -0.2) is 0 Å². The fraction of sp³-hybridized carbons (Fsp3) is 0.125. The molecule has 1 fully saturated rings. The summed E-state index contributed by atoms with van der Waals surface area (Å²) in [5, 5.41) is 10.8. The van der Waals surface area contributed by atoms with Gasteiger partial charge in [-0.2, -0.15) is 0 Å². The first-order chi connectivity index (χ1) is 16.6. The van der Waals surface area contributed by atoms with Crippen LogP contribution in [0.3, 0.4) is 0 Å². The summed E-state index contributed by atoms with van der Waals surface area (Å²) in [6.45, 7) is 0.279. The Morgan fingerprint density at radius 3 is 2.38 bits per heavy atom. The molecule has 8 nitrogen and oxygen atoms in total. The van der Waals surface area contributed by atoms with Gasteiger partial charge in [0.25, 0.3) is 0 Å². The second kappa shape index (κ2) is 9.54. The zero-order valence-electron chi connectivity index (χ0n) is 18.0. The molecule has 34 heavy (non-hydrogen) atoms. The molecular weight excluding hydrogens is 468 g/mol. The minimum Gasteiger partial charge on any atom is -0.473 e. The van der Waals surface area contributed by atoms with Gasteiger partial charge in [0.2, 0.25) is 5.91 Å². The molecule has 10 heteroatoms. The molecule has 0 aliphatic carbocycles. The molecule has 1 aliphatic heterocycles. The van der Waals surface area contributed by atoms with Crippen LogP contribution < -0.4 is 20.5 Å². The zero-order chi connectivity index (χ0) is 23.5. The Balaban J connectivity index is 1.23. The van der Waals surface area contributed by atoms with Crippen molar-refractivity contribution in [2.75, 3.05) is 17.1 Å². The van der Waals surface area contributed by atoms with E-state index in [0.717, 1.165) is 22.6 Å². The van der Waals surface area contributed by atoms with E-state index in [1.54, 1.807) is 4.57 Å². The van der Waals surface area contributed by atoms with Crippen molar-refractivity contribution in [3.63, 3.8) is 0 Å². The quantitative estimate of drug-likeness (QED) is 0.215. The van der Waals surface area contributed by atoms with Crippen molar-refractivity contribution in [3.05, 3.63) is 94.0 Å². The van der Waals surface area contributed by atoms with E-state index in [4.69, 9.17) is 29.2 Å². The molecule has 1 aromatic heterocycles. The first-order valence-corrected chi connectivity index (χ1v) is 11.5. The molecule has 0 spiro atoms. The number of hydrogen-bond donors (Lipinski definition) is 4. The highest BCUT2D eigenvalue weighted by Crippen LogP contribution is 2.32. The van der Waals surface area contributed by atoms with Crippen molar-refractivity contribution >= 4 is 41.7 Å². The highest BCUT2D eigenvalue weighted by Gasteiger charge is 2.31. The smallest absolute Gasteiger partial charge is 0.241 e. The number of nitrogens with one attached hydrogen (secondary N) is 4. The van der Waals surface area contributed by atoms with Crippen LogP contribution in [0.25, 0.3) is 5.69 Å². The predicted octanol–water partition coefficient (Wildman–Crippen LogP) is 5.02. The SMILES string of the molecule is O=C1CC(c2ccccc2)N(c2ccc(OCNc3cccc(-n4c(=S)[nH][nH]c4=S)c3)cc2)N1. The van der Waals surface area contributed by atoms with Crippen LogP contribution in [0.1, 0.15) is 18.0 Å². The summed E-state index contributed by atoms with van der Waals surface area (Å²) in [4.78, 5) is 12.1. The van der Waals surface area contributed by atoms with E-state index in [9.17, 15) is 4.79 Å². The number of hydrazine groups is 1. The van der Waals surface area contributed by atoms with E-state index in [2.05, 4.69) is 20.9 Å². The Morgan fingerprint density at radius 2 is 1.65 bits per heavy atom. The van der Waals surface area contributed by atoms with Gasteiger partial charge in [0.1, 0.15) is 5.75 Å². The van der Waals surface area contributed by atoms with Crippen LogP contribution in [0.15, 0.2) is 78.9 Å². The summed E-state index contributed by atoms with van der Waals surface area (Å²) in [7, 11) is 0. The third kappa shape index (κ3) is 4.59. The van der Waals surface area contributed by atoms with Gasteiger partial charge in [-0.3, -0.25) is 30.0 Å². The number of benzene rings is 3. The van der Waals surface area contributed by atoms with E-state index in [0.29, 0.717) is 21.7 Å². The van der Waals surface area contributed by atoms with Crippen molar-refractivity contribution < 1.29 is 9.53 Å². The lowest BCUT2D eigenvalue weighted by molar-refractivity contribution is -0.119. The number of aromatic nitrogens is 3. The molecule has 0 saturated carbocycles. The molecule has 1 amide bonds. The van der Waals surface area contributed by atoms with Crippen LogP contribution in [-0.2, 0) is 4.79 Å². The Bertz CT molecular complexity index is 1380. The summed E-state index contributed by atoms with van der Waals surface area (Å²) in [6.07, 6.45) is 0.421.